The van der Waals surface area contributed by atoms with Crippen LogP contribution >= 0.6 is 0 Å². The van der Waals surface area contributed by atoms with Gasteiger partial charge in [-0.3, -0.25) is 4.79 Å². The van der Waals surface area contributed by atoms with Gasteiger partial charge < -0.3 is 9.47 Å². The average Bonchev–Trinajstić information content (AvgIpc) is 2.80. The molecule has 3 rings (SSSR count). The Morgan fingerprint density at radius 1 is 0.967 bits per heavy atom. The van der Waals surface area contributed by atoms with Crippen LogP contribution in [0.4, 0.5) is 0 Å². The minimum atomic E-state index is -0.157. The molecule has 1 aliphatic rings. The fourth-order valence-corrected chi connectivity index (χ4v) is 3.49. The van der Waals surface area contributed by atoms with Crippen LogP contribution in [-0.4, -0.2) is 22.5 Å². The number of hydrogen-bond donors (Lipinski definition) is 0. The molecule has 2 aromatic rings. The molecule has 5 nitrogen and oxygen atoms in total. The molecule has 1 atom stereocenters. The van der Waals surface area contributed by atoms with Crippen molar-refractivity contribution in [3.05, 3.63) is 48.8 Å². The monoisotopic (exact) mass is 408 g/mol. The molecule has 1 heterocycles. The first-order valence-electron chi connectivity index (χ1n) is 11.2. The van der Waals surface area contributed by atoms with E-state index in [1.807, 2.05) is 12.1 Å². The van der Waals surface area contributed by atoms with Crippen LogP contribution in [0.2, 0.25) is 0 Å². The van der Waals surface area contributed by atoms with Crippen LogP contribution in [0.5, 0.6) is 11.5 Å². The van der Waals surface area contributed by atoms with E-state index in [1.54, 1.807) is 24.5 Å². The summed E-state index contributed by atoms with van der Waals surface area (Å²) in [4.78, 5) is 21.0. The summed E-state index contributed by atoms with van der Waals surface area (Å²) >= 11 is 0. The topological polar surface area (TPSA) is 61.3 Å². The Hall–Kier alpha value is -2.69. The largest absolute Gasteiger partial charge is 0.490 e. The third kappa shape index (κ3) is 6.97. The van der Waals surface area contributed by atoms with Gasteiger partial charge in [-0.25, -0.2) is 9.97 Å². The first-order chi connectivity index (χ1) is 14.8. The van der Waals surface area contributed by atoms with Crippen molar-refractivity contribution in [3.63, 3.8) is 0 Å². The van der Waals surface area contributed by atoms with Gasteiger partial charge in [0.2, 0.25) is 0 Å². The molecule has 5 heteroatoms. The minimum absolute atomic E-state index is 0.0399. The zero-order chi connectivity index (χ0) is 21.0. The van der Waals surface area contributed by atoms with Gasteiger partial charge in [-0.15, -0.1) is 0 Å². The highest BCUT2D eigenvalue weighted by Gasteiger charge is 2.20. The molecule has 0 saturated carbocycles. The average molecular weight is 409 g/mol. The summed E-state index contributed by atoms with van der Waals surface area (Å²) in [6, 6.07) is 7.32. The smallest absolute Gasteiger partial charge is 0.314 e. The van der Waals surface area contributed by atoms with Crippen LogP contribution in [0.15, 0.2) is 48.8 Å². The molecule has 0 spiro atoms. The minimum Gasteiger partial charge on any atom is -0.490 e. The van der Waals surface area contributed by atoms with Crippen molar-refractivity contribution < 1.29 is 14.3 Å². The maximum atomic E-state index is 12.2. The van der Waals surface area contributed by atoms with E-state index in [-0.39, 0.29) is 11.9 Å². The molecule has 30 heavy (non-hydrogen) atoms. The van der Waals surface area contributed by atoms with Crippen LogP contribution < -0.4 is 9.47 Å². The number of esters is 1. The van der Waals surface area contributed by atoms with E-state index in [0.29, 0.717) is 23.9 Å². The summed E-state index contributed by atoms with van der Waals surface area (Å²) in [5.74, 6) is 1.67. The van der Waals surface area contributed by atoms with Gasteiger partial charge in [0.1, 0.15) is 5.75 Å². The molecule has 1 aliphatic carbocycles. The molecule has 0 radical (unpaired) electrons. The predicted molar refractivity (Wildman–Crippen MR) is 118 cm³/mol. The standard InChI is InChI=1S/C25H32N2O3/c1-2-3-4-5-6-10-17-29-23-18-26-24(27-19-23)20-13-15-22(16-14-20)30-25(28)21-11-8-7-9-12-21/h7-8,13-16,18-19,21H,2-6,9-12,17H2,1H3. The van der Waals surface area contributed by atoms with E-state index in [1.165, 1.54) is 32.1 Å². The van der Waals surface area contributed by atoms with Crippen molar-refractivity contribution in [1.82, 2.24) is 9.97 Å². The Kier molecular flexibility index (Phi) is 8.88. The second kappa shape index (κ2) is 12.1. The van der Waals surface area contributed by atoms with Crippen LogP contribution in [0, 0.1) is 5.92 Å². The number of ether oxygens (including phenoxy) is 2. The second-order valence-electron chi connectivity index (χ2n) is 7.79. The number of rotatable bonds is 11. The molecular formula is C25H32N2O3. The van der Waals surface area contributed by atoms with Crippen LogP contribution in [0.1, 0.15) is 64.7 Å². The van der Waals surface area contributed by atoms with E-state index >= 15 is 0 Å². The Bertz CT molecular complexity index is 800. The molecule has 1 aromatic carbocycles. The zero-order valence-electron chi connectivity index (χ0n) is 17.9. The number of carbonyl (C=O) groups excluding carboxylic acids is 1. The van der Waals surface area contributed by atoms with Crippen LogP contribution in [-0.2, 0) is 4.79 Å². The third-order valence-corrected chi connectivity index (χ3v) is 5.33. The normalized spacial score (nSPS) is 15.7. The number of nitrogens with zero attached hydrogens (tertiary/aromatic N) is 2. The molecule has 0 N–H and O–H groups in total. The van der Waals surface area contributed by atoms with Crippen molar-refractivity contribution in [2.75, 3.05) is 6.61 Å². The molecule has 0 saturated heterocycles. The predicted octanol–water partition coefficient (Wildman–Crippen LogP) is 6.14. The highest BCUT2D eigenvalue weighted by atomic mass is 16.5. The van der Waals surface area contributed by atoms with Crippen molar-refractivity contribution >= 4 is 5.97 Å². The van der Waals surface area contributed by atoms with Gasteiger partial charge in [0.25, 0.3) is 0 Å². The van der Waals surface area contributed by atoms with Crippen molar-refractivity contribution in [2.45, 2.75) is 64.7 Å². The SMILES string of the molecule is CCCCCCCCOc1cnc(-c2ccc(OC(=O)C3CC=CCC3)cc2)nc1. The lowest BCUT2D eigenvalue weighted by atomic mass is 9.95. The lowest BCUT2D eigenvalue weighted by Crippen LogP contribution is -2.21. The fraction of sp³-hybridized carbons (Fsp3) is 0.480. The lowest BCUT2D eigenvalue weighted by molar-refractivity contribution is -0.139. The Labute approximate surface area is 179 Å². The maximum absolute atomic E-state index is 12.2. The molecule has 0 aliphatic heterocycles. The number of allylic oxidation sites excluding steroid dienone is 2. The summed E-state index contributed by atoms with van der Waals surface area (Å²) in [5, 5.41) is 0. The first-order valence-corrected chi connectivity index (χ1v) is 11.2. The third-order valence-electron chi connectivity index (χ3n) is 5.33. The van der Waals surface area contributed by atoms with Crippen molar-refractivity contribution in [1.29, 1.82) is 0 Å². The van der Waals surface area contributed by atoms with Crippen LogP contribution in [0.25, 0.3) is 11.4 Å². The number of carbonyl (C=O) groups is 1. The fourth-order valence-electron chi connectivity index (χ4n) is 3.49. The van der Waals surface area contributed by atoms with Gasteiger partial charge >= 0.3 is 5.97 Å². The van der Waals surface area contributed by atoms with Crippen molar-refractivity contribution in [2.24, 2.45) is 5.92 Å². The lowest BCUT2D eigenvalue weighted by Gasteiger charge is -2.16. The molecule has 0 amide bonds. The van der Waals surface area contributed by atoms with Gasteiger partial charge in [-0.1, -0.05) is 51.2 Å². The van der Waals surface area contributed by atoms with E-state index in [0.717, 1.165) is 31.2 Å². The Balaban J connectivity index is 1.44. The van der Waals surface area contributed by atoms with Gasteiger partial charge in [-0.2, -0.15) is 0 Å². The van der Waals surface area contributed by atoms with Gasteiger partial charge in [0, 0.05) is 5.56 Å². The molecule has 0 bridgehead atoms. The van der Waals surface area contributed by atoms with Gasteiger partial charge in [0.15, 0.2) is 11.6 Å². The maximum Gasteiger partial charge on any atom is 0.314 e. The molecule has 1 aromatic heterocycles. The van der Waals surface area contributed by atoms with E-state index in [9.17, 15) is 4.79 Å². The second-order valence-corrected chi connectivity index (χ2v) is 7.79. The highest BCUT2D eigenvalue weighted by Crippen LogP contribution is 2.24. The molecule has 0 fully saturated rings. The quantitative estimate of drug-likeness (QED) is 0.193. The number of aromatic nitrogens is 2. The summed E-state index contributed by atoms with van der Waals surface area (Å²) in [7, 11) is 0. The first kappa shape index (κ1) is 22.0. The number of unbranched alkanes of at least 4 members (excludes halogenated alkanes) is 5. The number of hydrogen-bond acceptors (Lipinski definition) is 5. The van der Waals surface area contributed by atoms with Gasteiger partial charge in [-0.05, 0) is 49.9 Å². The van der Waals surface area contributed by atoms with E-state index < -0.39 is 0 Å². The Morgan fingerprint density at radius 2 is 1.70 bits per heavy atom. The summed E-state index contributed by atoms with van der Waals surface area (Å²) in [6.07, 6.45) is 17.6. The summed E-state index contributed by atoms with van der Waals surface area (Å²) < 4.78 is 11.3. The Morgan fingerprint density at radius 3 is 2.40 bits per heavy atom. The number of benzene rings is 1. The zero-order valence-corrected chi connectivity index (χ0v) is 17.9. The van der Waals surface area contributed by atoms with Crippen LogP contribution in [0.3, 0.4) is 0 Å². The summed E-state index contributed by atoms with van der Waals surface area (Å²) in [5.41, 5.74) is 0.873. The van der Waals surface area contributed by atoms with Gasteiger partial charge in [0.05, 0.1) is 24.9 Å². The molecular weight excluding hydrogens is 376 g/mol. The molecule has 1 unspecified atom stereocenters. The van der Waals surface area contributed by atoms with E-state index in [4.69, 9.17) is 9.47 Å². The van der Waals surface area contributed by atoms with Crippen molar-refractivity contribution in [3.8, 4) is 22.9 Å². The highest BCUT2D eigenvalue weighted by molar-refractivity contribution is 5.75. The summed E-state index contributed by atoms with van der Waals surface area (Å²) in [6.45, 7) is 2.93. The van der Waals surface area contributed by atoms with E-state index in [2.05, 4.69) is 29.0 Å². The molecule has 160 valence electrons.